The molecule has 1 saturated heterocycles. The van der Waals surface area contributed by atoms with E-state index in [0.29, 0.717) is 18.2 Å². The molecule has 1 unspecified atom stereocenters. The van der Waals surface area contributed by atoms with E-state index >= 15 is 0 Å². The van der Waals surface area contributed by atoms with Gasteiger partial charge in [-0.3, -0.25) is 0 Å². The van der Waals surface area contributed by atoms with Crippen molar-refractivity contribution in [3.63, 3.8) is 0 Å². The van der Waals surface area contributed by atoms with Crippen LogP contribution in [0.25, 0.3) is 0 Å². The molecule has 0 aliphatic carbocycles. The number of nitrogens with two attached hydrogens (primary N) is 1. The second-order valence-electron chi connectivity index (χ2n) is 4.80. The van der Waals surface area contributed by atoms with E-state index in [1.807, 2.05) is 24.3 Å². The van der Waals surface area contributed by atoms with E-state index in [4.69, 9.17) is 26.8 Å². The third-order valence-corrected chi connectivity index (χ3v) is 3.41. The lowest BCUT2D eigenvalue weighted by Gasteiger charge is -2.22. The molecule has 0 radical (unpaired) electrons. The molecule has 4 nitrogen and oxygen atoms in total. The Kier molecular flexibility index (Phi) is 6.18. The van der Waals surface area contributed by atoms with E-state index in [2.05, 4.69) is 5.32 Å². The number of anilines is 1. The third kappa shape index (κ3) is 5.04. The fourth-order valence-corrected chi connectivity index (χ4v) is 2.12. The van der Waals surface area contributed by atoms with Crippen LogP contribution in [0.3, 0.4) is 0 Å². The first kappa shape index (κ1) is 15.2. The molecule has 0 bridgehead atoms. The highest BCUT2D eigenvalue weighted by Gasteiger charge is 2.13. The van der Waals surface area contributed by atoms with Gasteiger partial charge in [-0.1, -0.05) is 12.1 Å². The van der Waals surface area contributed by atoms with Crippen molar-refractivity contribution in [2.45, 2.75) is 31.4 Å². The average molecular weight is 297 g/mol. The number of hydrogen-bond acceptors (Lipinski definition) is 4. The SMILES string of the molecule is N/C(=C\Nc1ccc(CCl)cc1)COC1CCCCO1. The number of nitrogens with one attached hydrogen (secondary N) is 1. The highest BCUT2D eigenvalue weighted by Crippen LogP contribution is 2.14. The number of ether oxygens (including phenoxy) is 2. The van der Waals surface area contributed by atoms with Crippen LogP contribution in [-0.4, -0.2) is 19.5 Å². The molecule has 1 fully saturated rings. The van der Waals surface area contributed by atoms with Crippen molar-refractivity contribution in [1.29, 1.82) is 0 Å². The van der Waals surface area contributed by atoms with Gasteiger partial charge in [0.2, 0.25) is 0 Å². The van der Waals surface area contributed by atoms with E-state index in [1.165, 1.54) is 0 Å². The predicted octanol–water partition coefficient (Wildman–Crippen LogP) is 3.18. The molecule has 0 saturated carbocycles. The van der Waals surface area contributed by atoms with Crippen molar-refractivity contribution >= 4 is 17.3 Å². The summed E-state index contributed by atoms with van der Waals surface area (Å²) in [6.45, 7) is 1.15. The summed E-state index contributed by atoms with van der Waals surface area (Å²) in [6.07, 6.45) is 4.85. The molecule has 1 aromatic rings. The van der Waals surface area contributed by atoms with Crippen LogP contribution in [-0.2, 0) is 15.4 Å². The lowest BCUT2D eigenvalue weighted by molar-refractivity contribution is -0.157. The summed E-state index contributed by atoms with van der Waals surface area (Å²) in [5.41, 5.74) is 8.59. The van der Waals surface area contributed by atoms with Crippen LogP contribution in [0.4, 0.5) is 5.69 Å². The molecule has 1 aliphatic rings. The number of halogens is 1. The molecule has 2 rings (SSSR count). The fourth-order valence-electron chi connectivity index (χ4n) is 1.94. The quantitative estimate of drug-likeness (QED) is 0.792. The minimum atomic E-state index is -0.112. The van der Waals surface area contributed by atoms with Crippen molar-refractivity contribution in [3.8, 4) is 0 Å². The van der Waals surface area contributed by atoms with E-state index in [1.54, 1.807) is 6.20 Å². The Morgan fingerprint density at radius 3 is 2.85 bits per heavy atom. The summed E-state index contributed by atoms with van der Waals surface area (Å²) in [5.74, 6) is 0.521. The molecule has 1 atom stereocenters. The molecule has 1 heterocycles. The van der Waals surface area contributed by atoms with Crippen LogP contribution in [0.15, 0.2) is 36.2 Å². The monoisotopic (exact) mass is 296 g/mol. The van der Waals surface area contributed by atoms with Crippen molar-refractivity contribution < 1.29 is 9.47 Å². The van der Waals surface area contributed by atoms with Crippen LogP contribution in [0.1, 0.15) is 24.8 Å². The van der Waals surface area contributed by atoms with Gasteiger partial charge < -0.3 is 20.5 Å². The van der Waals surface area contributed by atoms with Gasteiger partial charge in [0.15, 0.2) is 6.29 Å². The smallest absolute Gasteiger partial charge is 0.158 e. The Morgan fingerprint density at radius 2 is 2.20 bits per heavy atom. The number of alkyl halides is 1. The van der Waals surface area contributed by atoms with Crippen LogP contribution >= 0.6 is 11.6 Å². The van der Waals surface area contributed by atoms with Crippen LogP contribution in [0.2, 0.25) is 0 Å². The minimum absolute atomic E-state index is 0.112. The van der Waals surface area contributed by atoms with E-state index in [9.17, 15) is 0 Å². The molecule has 0 aromatic heterocycles. The highest BCUT2D eigenvalue weighted by molar-refractivity contribution is 6.17. The Hall–Kier alpha value is -1.23. The normalized spacial score (nSPS) is 19.9. The summed E-state index contributed by atoms with van der Waals surface area (Å²) in [6, 6.07) is 7.89. The maximum atomic E-state index is 5.89. The fraction of sp³-hybridized carbons (Fsp3) is 0.467. The van der Waals surface area contributed by atoms with Crippen molar-refractivity contribution in [1.82, 2.24) is 0 Å². The number of hydrogen-bond donors (Lipinski definition) is 2. The van der Waals surface area contributed by atoms with Crippen LogP contribution in [0.5, 0.6) is 0 Å². The highest BCUT2D eigenvalue weighted by atomic mass is 35.5. The molecule has 0 amide bonds. The molecular weight excluding hydrogens is 276 g/mol. The Balaban J connectivity index is 1.74. The van der Waals surface area contributed by atoms with Gasteiger partial charge in [0, 0.05) is 24.4 Å². The summed E-state index contributed by atoms with van der Waals surface area (Å²) in [5, 5.41) is 3.13. The summed E-state index contributed by atoms with van der Waals surface area (Å²) >= 11 is 5.74. The zero-order valence-corrected chi connectivity index (χ0v) is 12.2. The first-order valence-electron chi connectivity index (χ1n) is 6.87. The molecule has 20 heavy (non-hydrogen) atoms. The zero-order chi connectivity index (χ0) is 14.2. The molecule has 5 heteroatoms. The largest absolute Gasteiger partial charge is 0.399 e. The molecule has 3 N–H and O–H groups in total. The van der Waals surface area contributed by atoms with Crippen molar-refractivity contribution in [3.05, 3.63) is 41.7 Å². The molecule has 110 valence electrons. The van der Waals surface area contributed by atoms with E-state index in [0.717, 1.165) is 37.1 Å². The summed E-state index contributed by atoms with van der Waals surface area (Å²) in [4.78, 5) is 0. The summed E-state index contributed by atoms with van der Waals surface area (Å²) in [7, 11) is 0. The van der Waals surface area contributed by atoms with E-state index in [-0.39, 0.29) is 6.29 Å². The molecular formula is C15H21ClN2O2. The summed E-state index contributed by atoms with van der Waals surface area (Å²) < 4.78 is 11.1. The second-order valence-corrected chi connectivity index (χ2v) is 5.07. The minimum Gasteiger partial charge on any atom is -0.399 e. The van der Waals surface area contributed by atoms with E-state index < -0.39 is 0 Å². The lowest BCUT2D eigenvalue weighted by atomic mass is 10.2. The Bertz CT molecular complexity index is 428. The Labute approximate surface area is 124 Å². The van der Waals surface area contributed by atoms with Crippen LogP contribution < -0.4 is 11.1 Å². The van der Waals surface area contributed by atoms with Crippen molar-refractivity contribution in [2.24, 2.45) is 5.73 Å². The first-order valence-corrected chi connectivity index (χ1v) is 7.40. The van der Waals surface area contributed by atoms with Gasteiger partial charge in [-0.05, 0) is 37.0 Å². The van der Waals surface area contributed by atoms with Gasteiger partial charge in [-0.25, -0.2) is 0 Å². The average Bonchev–Trinajstić information content (AvgIpc) is 2.52. The zero-order valence-electron chi connectivity index (χ0n) is 11.5. The number of benzene rings is 1. The third-order valence-electron chi connectivity index (χ3n) is 3.11. The van der Waals surface area contributed by atoms with Gasteiger partial charge >= 0.3 is 0 Å². The molecule has 0 spiro atoms. The molecule has 1 aliphatic heterocycles. The maximum absolute atomic E-state index is 5.89. The topological polar surface area (TPSA) is 56.5 Å². The van der Waals surface area contributed by atoms with Gasteiger partial charge in [0.05, 0.1) is 12.3 Å². The second kappa shape index (κ2) is 8.15. The molecule has 1 aromatic carbocycles. The first-order chi connectivity index (χ1) is 9.78. The van der Waals surface area contributed by atoms with Gasteiger partial charge in [-0.15, -0.1) is 11.6 Å². The van der Waals surface area contributed by atoms with Crippen molar-refractivity contribution in [2.75, 3.05) is 18.5 Å². The maximum Gasteiger partial charge on any atom is 0.158 e. The van der Waals surface area contributed by atoms with Gasteiger partial charge in [0.1, 0.15) is 0 Å². The Morgan fingerprint density at radius 1 is 1.40 bits per heavy atom. The predicted molar refractivity (Wildman–Crippen MR) is 81.4 cm³/mol. The van der Waals surface area contributed by atoms with Crippen LogP contribution in [0, 0.1) is 0 Å². The van der Waals surface area contributed by atoms with Gasteiger partial charge in [0.25, 0.3) is 0 Å². The van der Waals surface area contributed by atoms with Gasteiger partial charge in [-0.2, -0.15) is 0 Å². The number of rotatable bonds is 6. The standard InChI is InChI=1S/C15H21ClN2O2/c16-9-12-4-6-14(7-5-12)18-10-13(17)11-20-15-3-1-2-8-19-15/h4-7,10,15,18H,1-3,8-9,11,17H2/b13-10-. The lowest BCUT2D eigenvalue weighted by Crippen LogP contribution is -2.24.